The molecule has 5 heteroatoms. The summed E-state index contributed by atoms with van der Waals surface area (Å²) in [5.74, 6) is -0.841. The second-order valence-electron chi connectivity index (χ2n) is 2.53. The highest BCUT2D eigenvalue weighted by molar-refractivity contribution is 9.10. The van der Waals surface area contributed by atoms with E-state index in [9.17, 15) is 17.6 Å². The summed E-state index contributed by atoms with van der Waals surface area (Å²) >= 11 is 2.95. The first-order valence-electron chi connectivity index (χ1n) is 3.39. The van der Waals surface area contributed by atoms with Crippen LogP contribution in [0.4, 0.5) is 17.6 Å². The molecule has 1 aromatic carbocycles. The van der Waals surface area contributed by atoms with Crippen LogP contribution in [-0.4, -0.2) is 6.18 Å². The lowest BCUT2D eigenvalue weighted by Crippen LogP contribution is -2.12. The summed E-state index contributed by atoms with van der Waals surface area (Å²) in [5, 5.41) is 0. The van der Waals surface area contributed by atoms with E-state index in [0.29, 0.717) is 4.47 Å². The first kappa shape index (κ1) is 10.5. The minimum absolute atomic E-state index is 0.337. The molecule has 0 aliphatic carbocycles. The first-order chi connectivity index (χ1) is 5.88. The predicted octanol–water partition coefficient (Wildman–Crippen LogP) is 3.69. The molecule has 0 bridgehead atoms. The molecule has 0 N–H and O–H groups in total. The van der Waals surface area contributed by atoms with Gasteiger partial charge in [-0.15, -0.1) is 0 Å². The number of benzene rings is 1. The van der Waals surface area contributed by atoms with Crippen molar-refractivity contribution in [2.45, 2.75) is 12.6 Å². The van der Waals surface area contributed by atoms with Crippen LogP contribution >= 0.6 is 15.9 Å². The largest absolute Gasteiger partial charge is 0.393 e. The number of hydrogen-bond donors (Lipinski definition) is 0. The van der Waals surface area contributed by atoms with E-state index in [2.05, 4.69) is 15.9 Å². The van der Waals surface area contributed by atoms with Crippen molar-refractivity contribution in [2.75, 3.05) is 0 Å². The van der Waals surface area contributed by atoms with Crippen molar-refractivity contribution in [1.29, 1.82) is 0 Å². The maximum atomic E-state index is 12.9. The van der Waals surface area contributed by atoms with Gasteiger partial charge in [-0.2, -0.15) is 13.2 Å². The third kappa shape index (κ3) is 3.34. The monoisotopic (exact) mass is 256 g/mol. The molecule has 0 aliphatic heterocycles. The van der Waals surface area contributed by atoms with Gasteiger partial charge in [0.15, 0.2) is 0 Å². The van der Waals surface area contributed by atoms with Crippen molar-refractivity contribution in [3.63, 3.8) is 0 Å². The molecule has 0 heterocycles. The van der Waals surface area contributed by atoms with Crippen LogP contribution in [-0.2, 0) is 6.42 Å². The Labute approximate surface area is 80.7 Å². The zero-order valence-corrected chi connectivity index (χ0v) is 7.91. The Kier molecular flexibility index (Phi) is 2.95. The molecular weight excluding hydrogens is 252 g/mol. The first-order valence-corrected chi connectivity index (χ1v) is 4.18. The minimum atomic E-state index is -4.37. The van der Waals surface area contributed by atoms with Crippen LogP contribution < -0.4 is 0 Å². The van der Waals surface area contributed by atoms with Gasteiger partial charge in [0.25, 0.3) is 0 Å². The van der Waals surface area contributed by atoms with Gasteiger partial charge in [-0.25, -0.2) is 4.39 Å². The topological polar surface area (TPSA) is 0 Å². The average molecular weight is 257 g/mol. The van der Waals surface area contributed by atoms with Gasteiger partial charge in [-0.05, 0) is 17.7 Å². The van der Waals surface area contributed by atoms with E-state index in [1.807, 2.05) is 0 Å². The molecule has 0 unspecified atom stereocenters. The summed E-state index contributed by atoms with van der Waals surface area (Å²) in [7, 11) is 0. The van der Waals surface area contributed by atoms with Crippen molar-refractivity contribution < 1.29 is 17.6 Å². The summed E-state index contributed by atoms with van der Waals surface area (Å²) in [4.78, 5) is 0. The van der Waals surface area contributed by atoms with Crippen molar-refractivity contribution in [1.82, 2.24) is 0 Å². The third-order valence-electron chi connectivity index (χ3n) is 1.41. The Hall–Kier alpha value is -0.580. The zero-order chi connectivity index (χ0) is 10.1. The lowest BCUT2D eigenvalue weighted by atomic mass is 10.1. The number of hydrogen-bond acceptors (Lipinski definition) is 0. The van der Waals surface area contributed by atoms with Crippen molar-refractivity contribution >= 4 is 15.9 Å². The molecule has 0 spiro atoms. The Morgan fingerprint density at radius 2 is 1.85 bits per heavy atom. The normalized spacial score (nSPS) is 11.8. The Morgan fingerprint density at radius 3 is 2.31 bits per heavy atom. The standard InChI is InChI=1S/C8H5BrF4/c9-6-2-1-5(7(10)3-6)4-8(11,12)13/h1-3H,4H2. The van der Waals surface area contributed by atoms with Gasteiger partial charge in [-0.3, -0.25) is 0 Å². The van der Waals surface area contributed by atoms with E-state index in [1.54, 1.807) is 0 Å². The highest BCUT2D eigenvalue weighted by Crippen LogP contribution is 2.24. The molecule has 0 saturated carbocycles. The van der Waals surface area contributed by atoms with E-state index in [4.69, 9.17) is 0 Å². The van der Waals surface area contributed by atoms with Gasteiger partial charge in [0.1, 0.15) is 5.82 Å². The molecule has 0 aliphatic rings. The molecule has 1 aromatic rings. The smallest absolute Gasteiger partial charge is 0.207 e. The Bertz CT molecular complexity index is 306. The van der Waals surface area contributed by atoms with Crippen LogP contribution in [0.25, 0.3) is 0 Å². The van der Waals surface area contributed by atoms with Crippen LogP contribution in [0.1, 0.15) is 5.56 Å². The van der Waals surface area contributed by atoms with Gasteiger partial charge in [0.05, 0.1) is 6.42 Å². The van der Waals surface area contributed by atoms with Gasteiger partial charge in [0.2, 0.25) is 0 Å². The van der Waals surface area contributed by atoms with Crippen LogP contribution in [0, 0.1) is 5.82 Å². The third-order valence-corrected chi connectivity index (χ3v) is 1.90. The summed E-state index contributed by atoms with van der Waals surface area (Å²) in [6.07, 6.45) is -5.60. The van der Waals surface area contributed by atoms with Crippen molar-refractivity contribution in [3.8, 4) is 0 Å². The van der Waals surface area contributed by atoms with Gasteiger partial charge in [0, 0.05) is 4.47 Å². The fraction of sp³-hybridized carbons (Fsp3) is 0.250. The van der Waals surface area contributed by atoms with Crippen LogP contribution in [0.2, 0.25) is 0 Å². The Balaban J connectivity index is 2.90. The van der Waals surface area contributed by atoms with Crippen LogP contribution in [0.5, 0.6) is 0 Å². The summed E-state index contributed by atoms with van der Waals surface area (Å²) < 4.78 is 48.8. The minimum Gasteiger partial charge on any atom is -0.207 e. The fourth-order valence-corrected chi connectivity index (χ4v) is 1.21. The lowest BCUT2D eigenvalue weighted by Gasteiger charge is -2.06. The summed E-state index contributed by atoms with van der Waals surface area (Å²) in [6.45, 7) is 0. The highest BCUT2D eigenvalue weighted by Gasteiger charge is 2.28. The lowest BCUT2D eigenvalue weighted by molar-refractivity contribution is -0.127. The SMILES string of the molecule is Fc1cc(Br)ccc1CC(F)(F)F. The van der Waals surface area contributed by atoms with Crippen LogP contribution in [0.15, 0.2) is 22.7 Å². The van der Waals surface area contributed by atoms with E-state index < -0.39 is 18.4 Å². The fourth-order valence-electron chi connectivity index (χ4n) is 0.881. The van der Waals surface area contributed by atoms with Crippen LogP contribution in [0.3, 0.4) is 0 Å². The average Bonchev–Trinajstić information content (AvgIpc) is 1.93. The molecule has 13 heavy (non-hydrogen) atoms. The molecule has 0 radical (unpaired) electrons. The molecule has 0 atom stereocenters. The molecule has 0 saturated heterocycles. The van der Waals surface area contributed by atoms with Gasteiger partial charge < -0.3 is 0 Å². The van der Waals surface area contributed by atoms with Crippen molar-refractivity contribution in [2.24, 2.45) is 0 Å². The van der Waals surface area contributed by atoms with E-state index >= 15 is 0 Å². The predicted molar refractivity (Wildman–Crippen MR) is 43.9 cm³/mol. The van der Waals surface area contributed by atoms with E-state index in [-0.39, 0.29) is 5.56 Å². The van der Waals surface area contributed by atoms with Crippen molar-refractivity contribution in [3.05, 3.63) is 34.1 Å². The number of rotatable bonds is 1. The van der Waals surface area contributed by atoms with E-state index in [1.165, 1.54) is 6.07 Å². The Morgan fingerprint density at radius 1 is 1.23 bits per heavy atom. The second kappa shape index (κ2) is 3.65. The maximum Gasteiger partial charge on any atom is 0.393 e. The summed E-state index contributed by atoms with van der Waals surface area (Å²) in [5.41, 5.74) is -0.337. The molecular formula is C8H5BrF4. The van der Waals surface area contributed by atoms with Gasteiger partial charge in [-0.1, -0.05) is 22.0 Å². The molecule has 1 rings (SSSR count). The molecule has 0 amide bonds. The molecule has 0 aromatic heterocycles. The molecule has 0 fully saturated rings. The number of alkyl halides is 3. The summed E-state index contributed by atoms with van der Waals surface area (Å²) in [6, 6.07) is 3.51. The maximum absolute atomic E-state index is 12.9. The molecule has 0 nitrogen and oxygen atoms in total. The quantitative estimate of drug-likeness (QED) is 0.673. The number of halogens is 5. The second-order valence-corrected chi connectivity index (χ2v) is 3.44. The van der Waals surface area contributed by atoms with Gasteiger partial charge >= 0.3 is 6.18 Å². The molecule has 72 valence electrons. The zero-order valence-electron chi connectivity index (χ0n) is 6.33. The highest BCUT2D eigenvalue weighted by atomic mass is 79.9. The van der Waals surface area contributed by atoms with E-state index in [0.717, 1.165) is 12.1 Å².